The van der Waals surface area contributed by atoms with Crippen molar-refractivity contribution in [3.8, 4) is 0 Å². The Labute approximate surface area is 153 Å². The van der Waals surface area contributed by atoms with Crippen molar-refractivity contribution < 1.29 is 17.9 Å². The molecule has 6 nitrogen and oxygen atoms in total. The Bertz CT molecular complexity index is 666. The first kappa shape index (κ1) is 19.9. The van der Waals surface area contributed by atoms with Gasteiger partial charge in [0.25, 0.3) is 0 Å². The Kier molecular flexibility index (Phi) is 8.39. The van der Waals surface area contributed by atoms with Crippen molar-refractivity contribution >= 4 is 22.0 Å². The van der Waals surface area contributed by atoms with Gasteiger partial charge in [0.1, 0.15) is 48.9 Å². The molecule has 25 heavy (non-hydrogen) atoms. The van der Waals surface area contributed by atoms with Crippen molar-refractivity contribution in [2.24, 2.45) is 0 Å². The summed E-state index contributed by atoms with van der Waals surface area (Å²) in [5.74, 6) is 0. The summed E-state index contributed by atoms with van der Waals surface area (Å²) in [4.78, 5) is 1.32. The summed E-state index contributed by atoms with van der Waals surface area (Å²) >= 11 is 0. The van der Waals surface area contributed by atoms with Crippen LogP contribution in [0.2, 0.25) is 0 Å². The standard InChI is InChI=1S/C17H22N2O4S2/c1-3-5-9-16(4-2)24(20)18-12-22-14-19(15-23-13-18)25(21)17-10-7-6-8-11-17/h3-11H,1,12-15H2,2H3/b9-5+,16-4+/t24-,25-/m1/s1. The molecule has 1 aromatic rings. The second-order valence-electron chi connectivity index (χ2n) is 4.99. The predicted molar refractivity (Wildman–Crippen MR) is 99.4 cm³/mol. The fraction of sp³-hybridized carbons (Fsp3) is 0.294. The number of hydrogen-bond acceptors (Lipinski definition) is 4. The van der Waals surface area contributed by atoms with Crippen molar-refractivity contribution in [3.63, 3.8) is 0 Å². The highest BCUT2D eigenvalue weighted by Crippen LogP contribution is 2.15. The van der Waals surface area contributed by atoms with Crippen LogP contribution in [0.1, 0.15) is 6.92 Å². The number of benzene rings is 1. The van der Waals surface area contributed by atoms with Crippen LogP contribution in [0.15, 0.2) is 71.0 Å². The lowest BCUT2D eigenvalue weighted by Gasteiger charge is -2.28. The van der Waals surface area contributed by atoms with Crippen LogP contribution in [0.5, 0.6) is 0 Å². The maximum atomic E-state index is 12.6. The molecule has 0 saturated carbocycles. The van der Waals surface area contributed by atoms with Crippen molar-refractivity contribution in [2.45, 2.75) is 11.8 Å². The van der Waals surface area contributed by atoms with E-state index in [0.29, 0.717) is 9.80 Å². The summed E-state index contributed by atoms with van der Waals surface area (Å²) < 4.78 is 39.4. The van der Waals surface area contributed by atoms with Gasteiger partial charge in [0.05, 0.1) is 9.80 Å². The molecular formula is C17H22N2O4S2. The zero-order valence-corrected chi connectivity index (χ0v) is 15.7. The van der Waals surface area contributed by atoms with Gasteiger partial charge in [-0.3, -0.25) is 0 Å². The monoisotopic (exact) mass is 382 g/mol. The van der Waals surface area contributed by atoms with E-state index in [2.05, 4.69) is 6.58 Å². The molecule has 1 aliphatic heterocycles. The highest BCUT2D eigenvalue weighted by Gasteiger charge is 2.22. The van der Waals surface area contributed by atoms with Gasteiger partial charge < -0.3 is 9.47 Å². The number of hydrogen-bond donors (Lipinski definition) is 0. The van der Waals surface area contributed by atoms with Crippen molar-refractivity contribution in [1.82, 2.24) is 8.61 Å². The maximum absolute atomic E-state index is 12.6. The SMILES string of the molecule is C=C/C=C/C(=C\C)[S@@](=O)N1COCN([S@](=O)c2ccccc2)COC1. The molecule has 1 aliphatic rings. The minimum Gasteiger partial charge on any atom is -0.349 e. The second kappa shape index (κ2) is 10.5. The summed E-state index contributed by atoms with van der Waals surface area (Å²) in [6, 6.07) is 9.12. The third kappa shape index (κ3) is 5.81. The van der Waals surface area contributed by atoms with E-state index >= 15 is 0 Å². The molecule has 0 aliphatic carbocycles. The molecule has 1 saturated heterocycles. The van der Waals surface area contributed by atoms with Gasteiger partial charge >= 0.3 is 0 Å². The van der Waals surface area contributed by atoms with E-state index in [1.165, 1.54) is 0 Å². The van der Waals surface area contributed by atoms with Crippen LogP contribution >= 0.6 is 0 Å². The fourth-order valence-electron chi connectivity index (χ4n) is 2.01. The fourth-order valence-corrected chi connectivity index (χ4v) is 4.07. The summed E-state index contributed by atoms with van der Waals surface area (Å²) in [5, 5.41) is 0. The Morgan fingerprint density at radius 2 is 1.68 bits per heavy atom. The number of allylic oxidation sites excluding steroid dienone is 4. The van der Waals surface area contributed by atoms with E-state index in [1.807, 2.05) is 25.1 Å². The third-order valence-corrected chi connectivity index (χ3v) is 6.05. The molecule has 0 amide bonds. The largest absolute Gasteiger partial charge is 0.349 e. The van der Waals surface area contributed by atoms with Gasteiger partial charge in [0.15, 0.2) is 0 Å². The Morgan fingerprint density at radius 1 is 1.08 bits per heavy atom. The zero-order chi connectivity index (χ0) is 18.1. The molecule has 0 bridgehead atoms. The maximum Gasteiger partial charge on any atom is 0.131 e. The summed E-state index contributed by atoms with van der Waals surface area (Å²) in [6.07, 6.45) is 6.85. The number of rotatable bonds is 6. The molecule has 1 aromatic carbocycles. The van der Waals surface area contributed by atoms with Gasteiger partial charge in [0, 0.05) is 0 Å². The lowest BCUT2D eigenvalue weighted by Crippen LogP contribution is -2.41. The molecule has 0 radical (unpaired) electrons. The average Bonchev–Trinajstić information content (AvgIpc) is 2.62. The Morgan fingerprint density at radius 3 is 2.24 bits per heavy atom. The quantitative estimate of drug-likeness (QED) is 0.710. The van der Waals surface area contributed by atoms with Gasteiger partial charge in [-0.25, -0.2) is 8.42 Å². The molecule has 1 fully saturated rings. The first-order valence-corrected chi connectivity index (χ1v) is 9.88. The second-order valence-corrected chi connectivity index (χ2v) is 7.96. The Balaban J connectivity index is 1.96. The van der Waals surface area contributed by atoms with E-state index in [4.69, 9.17) is 9.47 Å². The van der Waals surface area contributed by atoms with Crippen molar-refractivity contribution in [2.75, 3.05) is 26.9 Å². The summed E-state index contributed by atoms with van der Waals surface area (Å²) in [5.41, 5.74) is 0. The van der Waals surface area contributed by atoms with Crippen LogP contribution in [-0.2, 0) is 31.4 Å². The average molecular weight is 383 g/mol. The molecule has 0 unspecified atom stereocenters. The van der Waals surface area contributed by atoms with Gasteiger partial charge in [-0.05, 0) is 25.1 Å². The predicted octanol–water partition coefficient (Wildman–Crippen LogP) is 2.50. The van der Waals surface area contributed by atoms with Gasteiger partial charge in [-0.2, -0.15) is 8.61 Å². The Hall–Kier alpha value is -1.42. The molecular weight excluding hydrogens is 360 g/mol. The molecule has 0 aromatic heterocycles. The summed E-state index contributed by atoms with van der Waals surface area (Å²) in [6.45, 7) is 5.86. The minimum absolute atomic E-state index is 0.106. The van der Waals surface area contributed by atoms with Crippen LogP contribution in [-0.4, -0.2) is 44.0 Å². The minimum atomic E-state index is -1.41. The van der Waals surface area contributed by atoms with E-state index in [9.17, 15) is 8.42 Å². The first-order valence-electron chi connectivity index (χ1n) is 7.67. The van der Waals surface area contributed by atoms with E-state index < -0.39 is 22.0 Å². The van der Waals surface area contributed by atoms with Crippen LogP contribution < -0.4 is 0 Å². The van der Waals surface area contributed by atoms with Crippen molar-refractivity contribution in [1.29, 1.82) is 0 Å². The topological polar surface area (TPSA) is 59.1 Å². The van der Waals surface area contributed by atoms with Gasteiger partial charge in [-0.1, -0.05) is 43.0 Å². The number of nitrogens with zero attached hydrogens (tertiary/aromatic N) is 2. The van der Waals surface area contributed by atoms with E-state index in [-0.39, 0.29) is 26.9 Å². The smallest absolute Gasteiger partial charge is 0.131 e. The van der Waals surface area contributed by atoms with E-state index in [0.717, 1.165) is 0 Å². The molecule has 2 rings (SSSR count). The first-order chi connectivity index (χ1) is 12.2. The van der Waals surface area contributed by atoms with Gasteiger partial charge in [0.2, 0.25) is 0 Å². The van der Waals surface area contributed by atoms with Crippen LogP contribution in [0.4, 0.5) is 0 Å². The van der Waals surface area contributed by atoms with Crippen LogP contribution in [0.25, 0.3) is 0 Å². The molecule has 0 N–H and O–H groups in total. The van der Waals surface area contributed by atoms with Gasteiger partial charge in [-0.15, -0.1) is 0 Å². The van der Waals surface area contributed by atoms with Crippen LogP contribution in [0, 0.1) is 0 Å². The number of ether oxygens (including phenoxy) is 2. The third-order valence-electron chi connectivity index (χ3n) is 3.24. The summed E-state index contributed by atoms with van der Waals surface area (Å²) in [7, 11) is -2.78. The highest BCUT2D eigenvalue weighted by molar-refractivity contribution is 7.86. The normalized spacial score (nSPS) is 20.8. The molecule has 2 atom stereocenters. The van der Waals surface area contributed by atoms with Crippen molar-refractivity contribution in [3.05, 3.63) is 66.1 Å². The molecule has 8 heteroatoms. The lowest BCUT2D eigenvalue weighted by atomic mass is 10.4. The molecule has 1 heterocycles. The molecule has 0 spiro atoms. The lowest BCUT2D eigenvalue weighted by molar-refractivity contribution is -0.0843. The zero-order valence-electron chi connectivity index (χ0n) is 14.1. The highest BCUT2D eigenvalue weighted by atomic mass is 32.2. The van der Waals surface area contributed by atoms with Crippen LogP contribution in [0.3, 0.4) is 0 Å². The molecule has 136 valence electrons. The van der Waals surface area contributed by atoms with E-state index in [1.54, 1.807) is 45.0 Å².